The Balaban J connectivity index is 1.64. The molecule has 4 rings (SSSR count). The monoisotopic (exact) mass is 472 g/mol. The quantitative estimate of drug-likeness (QED) is 0.543. The summed E-state index contributed by atoms with van der Waals surface area (Å²) >= 11 is 1.23. The zero-order valence-electron chi connectivity index (χ0n) is 18.6. The molecular formula is C23H25FN4O4S. The molecule has 0 radical (unpaired) electrons. The van der Waals surface area contributed by atoms with Gasteiger partial charge < -0.3 is 14.7 Å². The van der Waals surface area contributed by atoms with Gasteiger partial charge in [-0.25, -0.2) is 19.0 Å². The molecule has 10 heteroatoms. The molecule has 1 fully saturated rings. The van der Waals surface area contributed by atoms with Gasteiger partial charge in [-0.2, -0.15) is 5.10 Å². The third kappa shape index (κ3) is 5.05. The summed E-state index contributed by atoms with van der Waals surface area (Å²) in [4.78, 5) is 29.8. The summed E-state index contributed by atoms with van der Waals surface area (Å²) in [5.74, 6) is -1.39. The number of nitrogens with zero attached hydrogens (tertiary/aromatic N) is 3. The van der Waals surface area contributed by atoms with E-state index in [1.54, 1.807) is 17.0 Å². The summed E-state index contributed by atoms with van der Waals surface area (Å²) in [5, 5.41) is 19.0. The normalized spacial score (nSPS) is 15.0. The molecule has 1 saturated heterocycles. The van der Waals surface area contributed by atoms with Crippen molar-refractivity contribution >= 4 is 23.4 Å². The standard InChI is InChI=1S/C23H25FN4O4S/c1-23(2,3)32-22(31)28-10-8-14(9-11-28)19-17(20-25-16(12-33-20)21(29)30)18(26-27-19)13-4-6-15(24)7-5-13/h4-7,12,14H,8-11H2,1-3H3,(H,26,27)(H,29,30). The van der Waals surface area contributed by atoms with Crippen molar-refractivity contribution in [1.82, 2.24) is 20.1 Å². The maximum absolute atomic E-state index is 13.5. The molecule has 0 atom stereocenters. The SMILES string of the molecule is CC(C)(C)OC(=O)N1CCC(c2[nH]nc(-c3ccc(F)cc3)c2-c2nc(C(=O)O)cs2)CC1. The Hall–Kier alpha value is -3.27. The molecule has 0 unspecified atom stereocenters. The van der Waals surface area contributed by atoms with Crippen LogP contribution in [0.1, 0.15) is 55.7 Å². The number of carboxylic acids is 1. The summed E-state index contributed by atoms with van der Waals surface area (Å²) in [6.07, 6.45) is 1.05. The van der Waals surface area contributed by atoms with E-state index in [0.29, 0.717) is 42.2 Å². The van der Waals surface area contributed by atoms with Crippen LogP contribution in [0.25, 0.3) is 21.8 Å². The number of carboxylic acid groups (broad SMARTS) is 1. The van der Waals surface area contributed by atoms with Crippen LogP contribution in [0.4, 0.5) is 9.18 Å². The fourth-order valence-electron chi connectivity index (χ4n) is 3.85. The number of likely N-dealkylation sites (tertiary alicyclic amines) is 1. The van der Waals surface area contributed by atoms with Gasteiger partial charge in [0.1, 0.15) is 22.1 Å². The number of piperidine rings is 1. The Kier molecular flexibility index (Phi) is 6.20. The molecule has 0 bridgehead atoms. The second kappa shape index (κ2) is 8.93. The van der Waals surface area contributed by atoms with Gasteiger partial charge in [0.25, 0.3) is 0 Å². The number of carbonyl (C=O) groups excluding carboxylic acids is 1. The molecule has 0 saturated carbocycles. The van der Waals surface area contributed by atoms with Crippen molar-refractivity contribution in [2.24, 2.45) is 0 Å². The lowest BCUT2D eigenvalue weighted by molar-refractivity contribution is 0.0204. The number of hydrogen-bond acceptors (Lipinski definition) is 6. The minimum absolute atomic E-state index is 0.0352. The average Bonchev–Trinajstić information content (AvgIpc) is 3.40. The molecule has 3 heterocycles. The number of hydrogen-bond donors (Lipinski definition) is 2. The lowest BCUT2D eigenvalue weighted by atomic mass is 9.90. The van der Waals surface area contributed by atoms with Gasteiger partial charge in [-0.15, -0.1) is 11.3 Å². The van der Waals surface area contributed by atoms with Crippen LogP contribution >= 0.6 is 11.3 Å². The summed E-state index contributed by atoms with van der Waals surface area (Å²) < 4.78 is 19.0. The smallest absolute Gasteiger partial charge is 0.410 e. The lowest BCUT2D eigenvalue weighted by Crippen LogP contribution is -2.41. The number of amides is 1. The average molecular weight is 473 g/mol. The molecule has 2 aromatic heterocycles. The molecule has 33 heavy (non-hydrogen) atoms. The number of nitrogens with one attached hydrogen (secondary N) is 1. The largest absolute Gasteiger partial charge is 0.476 e. The highest BCUT2D eigenvalue weighted by Gasteiger charge is 2.31. The number of rotatable bonds is 4. The second-order valence-electron chi connectivity index (χ2n) is 8.95. The number of aromatic amines is 1. The van der Waals surface area contributed by atoms with Gasteiger partial charge in [-0.3, -0.25) is 5.10 Å². The van der Waals surface area contributed by atoms with Crippen molar-refractivity contribution in [2.45, 2.75) is 45.1 Å². The van der Waals surface area contributed by atoms with Gasteiger partial charge in [-0.05, 0) is 57.9 Å². The molecule has 3 aromatic rings. The Morgan fingerprint density at radius 3 is 2.45 bits per heavy atom. The minimum Gasteiger partial charge on any atom is -0.476 e. The third-order valence-corrected chi connectivity index (χ3v) is 6.26. The Morgan fingerprint density at radius 1 is 1.21 bits per heavy atom. The predicted molar refractivity (Wildman–Crippen MR) is 122 cm³/mol. The number of aromatic carboxylic acids is 1. The van der Waals surface area contributed by atoms with Gasteiger partial charge in [0, 0.05) is 35.6 Å². The predicted octanol–water partition coefficient (Wildman–Crippen LogP) is 5.15. The topological polar surface area (TPSA) is 108 Å². The highest BCUT2D eigenvalue weighted by atomic mass is 32.1. The van der Waals surface area contributed by atoms with E-state index >= 15 is 0 Å². The molecule has 174 valence electrons. The van der Waals surface area contributed by atoms with E-state index in [4.69, 9.17) is 4.74 Å². The molecular weight excluding hydrogens is 447 g/mol. The van der Waals surface area contributed by atoms with Crippen LogP contribution in [-0.2, 0) is 4.74 Å². The van der Waals surface area contributed by atoms with Crippen molar-refractivity contribution in [3.63, 3.8) is 0 Å². The molecule has 0 aliphatic carbocycles. The summed E-state index contributed by atoms with van der Waals surface area (Å²) in [6.45, 7) is 6.57. The Bertz CT molecular complexity index is 1160. The summed E-state index contributed by atoms with van der Waals surface area (Å²) in [5.41, 5.74) is 2.26. The third-order valence-electron chi connectivity index (χ3n) is 5.40. The van der Waals surface area contributed by atoms with E-state index in [2.05, 4.69) is 15.2 Å². The fourth-order valence-corrected chi connectivity index (χ4v) is 4.70. The van der Waals surface area contributed by atoms with Crippen LogP contribution < -0.4 is 0 Å². The Morgan fingerprint density at radius 2 is 1.88 bits per heavy atom. The van der Waals surface area contributed by atoms with E-state index < -0.39 is 11.6 Å². The van der Waals surface area contributed by atoms with Crippen LogP contribution in [0, 0.1) is 5.82 Å². The molecule has 1 aromatic carbocycles. The van der Waals surface area contributed by atoms with Crippen molar-refractivity contribution < 1.29 is 23.8 Å². The highest BCUT2D eigenvalue weighted by Crippen LogP contribution is 2.41. The molecule has 1 amide bonds. The first-order valence-corrected chi connectivity index (χ1v) is 11.5. The first kappa shape index (κ1) is 22.9. The van der Waals surface area contributed by atoms with Crippen LogP contribution in [0.15, 0.2) is 29.6 Å². The van der Waals surface area contributed by atoms with E-state index in [9.17, 15) is 19.1 Å². The number of halogens is 1. The van der Waals surface area contributed by atoms with Crippen molar-refractivity contribution in [2.75, 3.05) is 13.1 Å². The number of aromatic nitrogens is 3. The zero-order valence-corrected chi connectivity index (χ0v) is 19.4. The fraction of sp³-hybridized carbons (Fsp3) is 0.391. The number of H-pyrrole nitrogens is 1. The number of ether oxygens (including phenoxy) is 1. The van der Waals surface area contributed by atoms with Crippen LogP contribution in [0.2, 0.25) is 0 Å². The number of carbonyl (C=O) groups is 2. The maximum Gasteiger partial charge on any atom is 0.410 e. The van der Waals surface area contributed by atoms with Crippen molar-refractivity contribution in [1.29, 1.82) is 0 Å². The van der Waals surface area contributed by atoms with Crippen LogP contribution in [0.3, 0.4) is 0 Å². The first-order valence-electron chi connectivity index (χ1n) is 10.6. The summed E-state index contributed by atoms with van der Waals surface area (Å²) in [7, 11) is 0. The molecule has 1 aliphatic heterocycles. The van der Waals surface area contributed by atoms with Gasteiger partial charge >= 0.3 is 12.1 Å². The molecule has 2 N–H and O–H groups in total. The van der Waals surface area contributed by atoms with E-state index in [0.717, 1.165) is 11.3 Å². The first-order chi connectivity index (χ1) is 15.6. The van der Waals surface area contributed by atoms with Gasteiger partial charge in [0.05, 0.1) is 5.56 Å². The van der Waals surface area contributed by atoms with E-state index in [1.807, 2.05) is 20.8 Å². The summed E-state index contributed by atoms with van der Waals surface area (Å²) in [6, 6.07) is 5.99. The van der Waals surface area contributed by atoms with Crippen LogP contribution in [0.5, 0.6) is 0 Å². The van der Waals surface area contributed by atoms with Gasteiger partial charge in [-0.1, -0.05) is 0 Å². The van der Waals surface area contributed by atoms with E-state index in [-0.39, 0.29) is 23.5 Å². The molecule has 1 aliphatic rings. The van der Waals surface area contributed by atoms with Crippen molar-refractivity contribution in [3.05, 3.63) is 46.9 Å². The minimum atomic E-state index is -1.10. The lowest BCUT2D eigenvalue weighted by Gasteiger charge is -2.33. The number of benzene rings is 1. The highest BCUT2D eigenvalue weighted by molar-refractivity contribution is 7.13. The van der Waals surface area contributed by atoms with Crippen molar-refractivity contribution in [3.8, 4) is 21.8 Å². The second-order valence-corrected chi connectivity index (χ2v) is 9.81. The molecule has 0 spiro atoms. The van der Waals surface area contributed by atoms with Crippen LogP contribution in [-0.4, -0.2) is 55.9 Å². The maximum atomic E-state index is 13.5. The van der Waals surface area contributed by atoms with Gasteiger partial charge in [0.15, 0.2) is 5.69 Å². The molecule has 8 nitrogen and oxygen atoms in total. The van der Waals surface area contributed by atoms with E-state index in [1.165, 1.54) is 28.8 Å². The zero-order chi connectivity index (χ0) is 23.8. The number of thiazole rings is 1. The Labute approximate surface area is 194 Å². The van der Waals surface area contributed by atoms with Gasteiger partial charge in [0.2, 0.25) is 0 Å².